The molecule has 6 rings (SSSR count). The molecule has 36 heavy (non-hydrogen) atoms. The molecule has 0 amide bonds. The normalized spacial score (nSPS) is 14.3. The molecule has 180 valence electrons. The van der Waals surface area contributed by atoms with Gasteiger partial charge in [-0.2, -0.15) is 0 Å². The van der Waals surface area contributed by atoms with Gasteiger partial charge in [0.15, 0.2) is 0 Å². The zero-order chi connectivity index (χ0) is 24.5. The van der Waals surface area contributed by atoms with Gasteiger partial charge in [0.1, 0.15) is 17.2 Å². The second kappa shape index (κ2) is 9.83. The molecule has 0 aliphatic heterocycles. The minimum absolute atomic E-state index is 0.381. The molecule has 0 atom stereocenters. The van der Waals surface area contributed by atoms with Gasteiger partial charge in [0.2, 0.25) is 0 Å². The van der Waals surface area contributed by atoms with Gasteiger partial charge in [-0.25, -0.2) is 4.98 Å². The van der Waals surface area contributed by atoms with E-state index in [1.807, 2.05) is 12.1 Å². The SMILES string of the molecule is Cc1ccc(-c2nc3ccccn3c2N(c2ccccc2-c2ccccc2Cl)C2CCCCC2)cc1. The van der Waals surface area contributed by atoms with Crippen LogP contribution in [0, 0.1) is 6.92 Å². The number of halogens is 1. The molecule has 0 saturated heterocycles. The average Bonchev–Trinajstić information content (AvgIpc) is 3.30. The molecule has 2 aromatic heterocycles. The van der Waals surface area contributed by atoms with E-state index in [9.17, 15) is 0 Å². The van der Waals surface area contributed by atoms with E-state index in [4.69, 9.17) is 16.6 Å². The molecule has 1 fully saturated rings. The van der Waals surface area contributed by atoms with Gasteiger partial charge in [-0.1, -0.05) is 103 Å². The fourth-order valence-electron chi connectivity index (χ4n) is 5.53. The number of hydrogen-bond donors (Lipinski definition) is 0. The first kappa shape index (κ1) is 22.9. The Balaban J connectivity index is 1.64. The van der Waals surface area contributed by atoms with Crippen LogP contribution in [0.25, 0.3) is 28.0 Å². The van der Waals surface area contributed by atoms with Crippen molar-refractivity contribution < 1.29 is 0 Å². The van der Waals surface area contributed by atoms with E-state index in [1.54, 1.807) is 0 Å². The molecule has 0 radical (unpaired) electrons. The minimum atomic E-state index is 0.381. The number of pyridine rings is 1. The number of hydrogen-bond acceptors (Lipinski definition) is 2. The summed E-state index contributed by atoms with van der Waals surface area (Å²) in [4.78, 5) is 7.73. The van der Waals surface area contributed by atoms with Crippen molar-refractivity contribution in [3.05, 3.63) is 108 Å². The zero-order valence-electron chi connectivity index (χ0n) is 20.6. The molecular weight excluding hydrogens is 462 g/mol. The Kier molecular flexibility index (Phi) is 6.25. The van der Waals surface area contributed by atoms with Crippen LogP contribution in [0.5, 0.6) is 0 Å². The number of imidazole rings is 1. The van der Waals surface area contributed by atoms with E-state index < -0.39 is 0 Å². The number of rotatable bonds is 5. The number of aromatic nitrogens is 2. The van der Waals surface area contributed by atoms with E-state index >= 15 is 0 Å². The molecule has 3 nitrogen and oxygen atoms in total. The second-order valence-electron chi connectivity index (χ2n) is 9.74. The van der Waals surface area contributed by atoms with Gasteiger partial charge in [0.25, 0.3) is 0 Å². The number of fused-ring (bicyclic) bond motifs is 1. The fourth-order valence-corrected chi connectivity index (χ4v) is 5.77. The van der Waals surface area contributed by atoms with E-state index in [0.717, 1.165) is 51.7 Å². The first-order valence-electron chi connectivity index (χ1n) is 12.9. The topological polar surface area (TPSA) is 20.5 Å². The summed E-state index contributed by atoms with van der Waals surface area (Å²) in [5, 5.41) is 0.769. The van der Waals surface area contributed by atoms with Crippen LogP contribution < -0.4 is 4.90 Å². The molecule has 1 saturated carbocycles. The van der Waals surface area contributed by atoms with Crippen molar-refractivity contribution in [2.24, 2.45) is 0 Å². The van der Waals surface area contributed by atoms with Crippen molar-refractivity contribution in [2.75, 3.05) is 4.90 Å². The third-order valence-electron chi connectivity index (χ3n) is 7.33. The average molecular weight is 492 g/mol. The van der Waals surface area contributed by atoms with Gasteiger partial charge in [-0.3, -0.25) is 4.40 Å². The quantitative estimate of drug-likeness (QED) is 0.244. The molecule has 0 N–H and O–H groups in total. The van der Waals surface area contributed by atoms with Crippen molar-refractivity contribution in [1.82, 2.24) is 9.38 Å². The van der Waals surface area contributed by atoms with Crippen LogP contribution in [-0.4, -0.2) is 15.4 Å². The highest BCUT2D eigenvalue weighted by Gasteiger charge is 2.30. The molecule has 2 heterocycles. The lowest BCUT2D eigenvalue weighted by Crippen LogP contribution is -2.34. The third-order valence-corrected chi connectivity index (χ3v) is 7.65. The highest BCUT2D eigenvalue weighted by molar-refractivity contribution is 6.33. The molecule has 1 aliphatic carbocycles. The molecule has 1 aliphatic rings. The maximum atomic E-state index is 6.75. The van der Waals surface area contributed by atoms with Crippen LogP contribution in [0.4, 0.5) is 11.5 Å². The lowest BCUT2D eigenvalue weighted by molar-refractivity contribution is 0.434. The van der Waals surface area contributed by atoms with Crippen LogP contribution in [0.15, 0.2) is 97.2 Å². The predicted molar refractivity (Wildman–Crippen MR) is 151 cm³/mol. The Hall–Kier alpha value is -3.56. The Morgan fingerprint density at radius 1 is 0.778 bits per heavy atom. The molecule has 3 aromatic carbocycles. The van der Waals surface area contributed by atoms with Gasteiger partial charge >= 0.3 is 0 Å². The lowest BCUT2D eigenvalue weighted by atomic mass is 9.92. The molecule has 0 unspecified atom stereocenters. The van der Waals surface area contributed by atoms with Crippen LogP contribution in [0.3, 0.4) is 0 Å². The lowest BCUT2D eigenvalue weighted by Gasteiger charge is -2.37. The summed E-state index contributed by atoms with van der Waals surface area (Å²) < 4.78 is 2.26. The van der Waals surface area contributed by atoms with Gasteiger partial charge in [-0.15, -0.1) is 0 Å². The van der Waals surface area contributed by atoms with Gasteiger partial charge in [0, 0.05) is 34.0 Å². The number of benzene rings is 3. The summed E-state index contributed by atoms with van der Waals surface area (Å²) in [5.41, 5.74) is 7.74. The molecule has 5 aromatic rings. The minimum Gasteiger partial charge on any atom is -0.322 e. The monoisotopic (exact) mass is 491 g/mol. The molecule has 0 spiro atoms. The summed E-state index contributed by atoms with van der Waals surface area (Å²) in [6.45, 7) is 2.13. The van der Waals surface area contributed by atoms with Crippen LogP contribution in [0.1, 0.15) is 37.7 Å². The standard InChI is InChI=1S/C32H30ClN3/c1-23-18-20-24(21-19-23)31-32(35-22-10-9-17-30(35)34-31)36(25-11-3-2-4-12-25)29-16-8-6-14-27(29)26-13-5-7-15-28(26)33/h5-10,13-22,25H,2-4,11-12H2,1H3. The van der Waals surface area contributed by atoms with E-state index in [-0.39, 0.29) is 0 Å². The summed E-state index contributed by atoms with van der Waals surface area (Å²) in [6.07, 6.45) is 8.24. The van der Waals surface area contributed by atoms with Crippen molar-refractivity contribution >= 4 is 28.8 Å². The predicted octanol–water partition coefficient (Wildman–Crippen LogP) is 9.10. The largest absolute Gasteiger partial charge is 0.322 e. The van der Waals surface area contributed by atoms with Crippen molar-refractivity contribution in [3.63, 3.8) is 0 Å². The summed E-state index contributed by atoms with van der Waals surface area (Å²) in [7, 11) is 0. The second-order valence-corrected chi connectivity index (χ2v) is 10.1. The maximum absolute atomic E-state index is 6.75. The number of para-hydroxylation sites is 1. The van der Waals surface area contributed by atoms with Gasteiger partial charge in [-0.05, 0) is 44.0 Å². The Bertz CT molecular complexity index is 1500. The molecule has 4 heteroatoms. The summed E-state index contributed by atoms with van der Waals surface area (Å²) >= 11 is 6.75. The van der Waals surface area contributed by atoms with E-state index in [0.29, 0.717) is 6.04 Å². The van der Waals surface area contributed by atoms with Crippen LogP contribution in [0.2, 0.25) is 5.02 Å². The Labute approximate surface area is 218 Å². The third kappa shape index (κ3) is 4.18. The van der Waals surface area contributed by atoms with Gasteiger partial charge in [0.05, 0.1) is 5.69 Å². The first-order valence-corrected chi connectivity index (χ1v) is 13.3. The molecular formula is C32H30ClN3. The van der Waals surface area contributed by atoms with Crippen LogP contribution >= 0.6 is 11.6 Å². The van der Waals surface area contributed by atoms with E-state index in [2.05, 4.69) is 101 Å². The summed E-state index contributed by atoms with van der Waals surface area (Å²) in [5.74, 6) is 1.13. The van der Waals surface area contributed by atoms with Crippen molar-refractivity contribution in [2.45, 2.75) is 45.1 Å². The Morgan fingerprint density at radius 2 is 1.47 bits per heavy atom. The number of aryl methyl sites for hydroxylation is 1. The zero-order valence-corrected chi connectivity index (χ0v) is 21.3. The Morgan fingerprint density at radius 3 is 2.25 bits per heavy atom. The highest BCUT2D eigenvalue weighted by atomic mass is 35.5. The number of nitrogens with zero attached hydrogens (tertiary/aromatic N) is 3. The maximum Gasteiger partial charge on any atom is 0.146 e. The van der Waals surface area contributed by atoms with Crippen LogP contribution in [-0.2, 0) is 0 Å². The fraction of sp³-hybridized carbons (Fsp3) is 0.219. The summed E-state index contributed by atoms with van der Waals surface area (Å²) in [6, 6.07) is 32.2. The number of anilines is 2. The first-order chi connectivity index (χ1) is 17.7. The molecule has 0 bridgehead atoms. The van der Waals surface area contributed by atoms with E-state index in [1.165, 1.54) is 30.5 Å². The van der Waals surface area contributed by atoms with Crippen molar-refractivity contribution in [3.8, 4) is 22.4 Å². The van der Waals surface area contributed by atoms with Gasteiger partial charge < -0.3 is 4.90 Å². The highest BCUT2D eigenvalue weighted by Crippen LogP contribution is 2.45. The smallest absolute Gasteiger partial charge is 0.146 e. The van der Waals surface area contributed by atoms with Crippen molar-refractivity contribution in [1.29, 1.82) is 0 Å².